The molecule has 1 spiro atoms. The molecular weight excluding hydrogens is 476 g/mol. The molecule has 2 fully saturated rings. The van der Waals surface area contributed by atoms with Gasteiger partial charge in [0, 0.05) is 29.8 Å². The highest BCUT2D eigenvalue weighted by molar-refractivity contribution is 5.88. The summed E-state index contributed by atoms with van der Waals surface area (Å²) in [5.41, 5.74) is 5.40. The predicted molar refractivity (Wildman–Crippen MR) is 135 cm³/mol. The second-order valence-corrected chi connectivity index (χ2v) is 10.9. The maximum absolute atomic E-state index is 13.5. The molecule has 1 aromatic carbocycles. The first-order valence-electron chi connectivity index (χ1n) is 12.7. The van der Waals surface area contributed by atoms with Crippen LogP contribution in [-0.4, -0.2) is 39.5 Å². The van der Waals surface area contributed by atoms with E-state index in [1.807, 2.05) is 26.0 Å². The van der Waals surface area contributed by atoms with E-state index in [0.717, 1.165) is 5.56 Å². The van der Waals surface area contributed by atoms with Crippen LogP contribution in [-0.2, 0) is 20.7 Å². The number of phenols is 1. The third-order valence-electron chi connectivity index (χ3n) is 7.91. The Hall–Kier alpha value is -3.59. The van der Waals surface area contributed by atoms with Gasteiger partial charge in [0.1, 0.15) is 45.8 Å². The SMILES string of the molecule is Cc1cc(=O)c2c(O)c3c(cc2o1)OC(C)(C)[C@@H]1OC(=O)[C@]2(CCC[C@H]31)O[C@@H]2CCc1ccnc(N)c1. The third kappa shape index (κ3) is 3.83. The van der Waals surface area contributed by atoms with Crippen LogP contribution in [0.3, 0.4) is 0 Å². The number of anilines is 1. The van der Waals surface area contributed by atoms with Crippen molar-refractivity contribution in [3.63, 3.8) is 0 Å². The molecule has 0 unspecified atom stereocenters. The van der Waals surface area contributed by atoms with Crippen LogP contribution in [0.25, 0.3) is 11.0 Å². The second-order valence-electron chi connectivity index (χ2n) is 10.9. The molecule has 3 aromatic rings. The molecule has 194 valence electrons. The van der Waals surface area contributed by atoms with Gasteiger partial charge in [0.2, 0.25) is 0 Å². The number of hydrogen-bond donors (Lipinski definition) is 2. The minimum Gasteiger partial charge on any atom is -0.507 e. The molecule has 3 aliphatic rings. The van der Waals surface area contributed by atoms with Crippen molar-refractivity contribution in [3.05, 3.63) is 57.6 Å². The average Bonchev–Trinajstić information content (AvgIpc) is 3.52. The molecule has 37 heavy (non-hydrogen) atoms. The summed E-state index contributed by atoms with van der Waals surface area (Å²) in [5, 5.41) is 11.4. The summed E-state index contributed by atoms with van der Waals surface area (Å²) in [7, 11) is 0. The first kappa shape index (κ1) is 23.8. The van der Waals surface area contributed by atoms with E-state index >= 15 is 0 Å². The molecule has 3 N–H and O–H groups in total. The van der Waals surface area contributed by atoms with Crippen LogP contribution < -0.4 is 15.9 Å². The van der Waals surface area contributed by atoms with Crippen molar-refractivity contribution in [1.82, 2.24) is 4.98 Å². The van der Waals surface area contributed by atoms with Gasteiger partial charge in [0.15, 0.2) is 11.0 Å². The first-order chi connectivity index (χ1) is 17.6. The molecule has 5 heterocycles. The van der Waals surface area contributed by atoms with Crippen LogP contribution in [0.1, 0.15) is 62.3 Å². The van der Waals surface area contributed by atoms with Crippen LogP contribution in [0, 0.1) is 6.92 Å². The standard InChI is InChI=1S/C28H30N2O7/c1-14-11-17(31)23-18(34-14)13-19-22(24(23)32)16-5-4-9-28(26(33)35-25(16)27(2,3)36-19)20(37-28)7-6-15-8-10-30-21(29)12-15/h8,10-13,16,20,25,32H,4-7,9H2,1-3H3,(H2,29,30)/t16-,20-,25-,28-/m1/s1. The summed E-state index contributed by atoms with van der Waals surface area (Å²) >= 11 is 0. The Morgan fingerprint density at radius 2 is 2.03 bits per heavy atom. The molecule has 0 amide bonds. The van der Waals surface area contributed by atoms with Gasteiger partial charge in [0.05, 0.1) is 6.10 Å². The largest absolute Gasteiger partial charge is 0.507 e. The van der Waals surface area contributed by atoms with Gasteiger partial charge in [-0.25, -0.2) is 9.78 Å². The zero-order valence-corrected chi connectivity index (χ0v) is 21.1. The van der Waals surface area contributed by atoms with E-state index in [2.05, 4.69) is 4.98 Å². The fourth-order valence-corrected chi connectivity index (χ4v) is 6.12. The van der Waals surface area contributed by atoms with Crippen molar-refractivity contribution >= 4 is 22.8 Å². The van der Waals surface area contributed by atoms with E-state index in [-0.39, 0.29) is 34.2 Å². The number of nitrogen functional groups attached to an aromatic ring is 1. The Labute approximate surface area is 213 Å². The van der Waals surface area contributed by atoms with Gasteiger partial charge < -0.3 is 29.5 Å². The monoisotopic (exact) mass is 506 g/mol. The van der Waals surface area contributed by atoms with E-state index in [9.17, 15) is 14.7 Å². The van der Waals surface area contributed by atoms with E-state index in [1.165, 1.54) is 6.07 Å². The van der Waals surface area contributed by atoms with Crippen molar-refractivity contribution in [2.45, 2.75) is 82.2 Å². The minimum atomic E-state index is -0.968. The van der Waals surface area contributed by atoms with Gasteiger partial charge in [0.25, 0.3) is 0 Å². The zero-order valence-electron chi connectivity index (χ0n) is 21.1. The Morgan fingerprint density at radius 1 is 1.22 bits per heavy atom. The number of hydrogen-bond acceptors (Lipinski definition) is 9. The van der Waals surface area contributed by atoms with Crippen molar-refractivity contribution in [3.8, 4) is 11.5 Å². The van der Waals surface area contributed by atoms with Crippen LogP contribution in [0.4, 0.5) is 5.82 Å². The highest BCUT2D eigenvalue weighted by atomic mass is 16.7. The number of carbonyl (C=O) groups is 1. The Morgan fingerprint density at radius 3 is 2.81 bits per heavy atom. The van der Waals surface area contributed by atoms with Crippen LogP contribution >= 0.6 is 0 Å². The Kier molecular flexibility index (Phi) is 5.28. The molecule has 9 nitrogen and oxygen atoms in total. The number of fused-ring (bicyclic) bond motifs is 4. The maximum Gasteiger partial charge on any atom is 0.341 e. The van der Waals surface area contributed by atoms with Crippen LogP contribution in [0.2, 0.25) is 0 Å². The summed E-state index contributed by atoms with van der Waals surface area (Å²) in [4.78, 5) is 30.2. The van der Waals surface area contributed by atoms with Crippen molar-refractivity contribution in [1.29, 1.82) is 0 Å². The second kappa shape index (κ2) is 8.21. The maximum atomic E-state index is 13.5. The predicted octanol–water partition coefficient (Wildman–Crippen LogP) is 3.90. The summed E-state index contributed by atoms with van der Waals surface area (Å²) in [6.07, 6.45) is 3.97. The van der Waals surface area contributed by atoms with Crippen molar-refractivity contribution in [2.75, 3.05) is 5.73 Å². The van der Waals surface area contributed by atoms with Crippen LogP contribution in [0.15, 0.2) is 39.7 Å². The summed E-state index contributed by atoms with van der Waals surface area (Å²) < 4.78 is 24.1. The highest BCUT2D eigenvalue weighted by Crippen LogP contribution is 2.54. The molecule has 6 rings (SSSR count). The van der Waals surface area contributed by atoms with E-state index in [1.54, 1.807) is 19.2 Å². The number of ether oxygens (including phenoxy) is 3. The fourth-order valence-electron chi connectivity index (χ4n) is 6.12. The summed E-state index contributed by atoms with van der Waals surface area (Å²) in [6, 6.07) is 6.74. The van der Waals surface area contributed by atoms with Gasteiger partial charge in [-0.15, -0.1) is 0 Å². The van der Waals surface area contributed by atoms with Gasteiger partial charge in [-0.1, -0.05) is 0 Å². The summed E-state index contributed by atoms with van der Waals surface area (Å²) in [6.45, 7) is 5.41. The molecule has 3 aliphatic heterocycles. The van der Waals surface area contributed by atoms with Gasteiger partial charge in [-0.05, 0) is 70.6 Å². The molecule has 0 radical (unpaired) electrons. The number of rotatable bonds is 3. The minimum absolute atomic E-state index is 0.110. The third-order valence-corrected chi connectivity index (χ3v) is 7.91. The number of nitrogens with zero attached hydrogens (tertiary/aromatic N) is 1. The number of nitrogens with two attached hydrogens (primary N) is 1. The molecule has 2 aromatic heterocycles. The quantitative estimate of drug-likeness (QED) is 0.400. The lowest BCUT2D eigenvalue weighted by atomic mass is 9.76. The number of carbonyl (C=O) groups excluding carboxylic acids is 1. The van der Waals surface area contributed by atoms with E-state index < -0.39 is 23.3 Å². The topological polar surface area (TPSA) is 137 Å². The lowest BCUT2D eigenvalue weighted by molar-refractivity contribution is -0.173. The van der Waals surface area contributed by atoms with E-state index in [0.29, 0.717) is 55.0 Å². The number of esters is 1. The summed E-state index contributed by atoms with van der Waals surface area (Å²) in [5.74, 6) is 0.424. The molecule has 4 atom stereocenters. The molecular formula is C28H30N2O7. The van der Waals surface area contributed by atoms with Crippen molar-refractivity contribution in [2.24, 2.45) is 0 Å². The van der Waals surface area contributed by atoms with Crippen LogP contribution in [0.5, 0.6) is 11.5 Å². The van der Waals surface area contributed by atoms with Gasteiger partial charge in [-0.2, -0.15) is 0 Å². The Balaban J connectivity index is 1.29. The molecule has 0 bridgehead atoms. The fraction of sp³-hybridized carbons (Fsp3) is 0.464. The molecule has 0 aliphatic carbocycles. The highest BCUT2D eigenvalue weighted by Gasteiger charge is 2.65. The number of aryl methyl sites for hydroxylation is 2. The number of aromatic hydroxyl groups is 1. The zero-order chi connectivity index (χ0) is 26.1. The van der Waals surface area contributed by atoms with Crippen molar-refractivity contribution < 1.29 is 28.5 Å². The Bertz CT molecular complexity index is 1480. The number of benzene rings is 1. The lowest BCUT2D eigenvalue weighted by Gasteiger charge is -2.45. The van der Waals surface area contributed by atoms with Gasteiger partial charge in [-0.3, -0.25) is 4.79 Å². The number of pyridine rings is 1. The number of phenolic OH excluding ortho intramolecular Hbond substituents is 1. The van der Waals surface area contributed by atoms with E-state index in [4.69, 9.17) is 24.4 Å². The average molecular weight is 507 g/mol. The number of epoxide rings is 1. The number of aromatic nitrogens is 1. The smallest absolute Gasteiger partial charge is 0.341 e. The molecule has 9 heteroatoms. The lowest BCUT2D eigenvalue weighted by Crippen LogP contribution is -2.53. The van der Waals surface area contributed by atoms with Gasteiger partial charge >= 0.3 is 5.97 Å². The normalized spacial score (nSPS) is 28.0. The molecule has 2 saturated heterocycles. The first-order valence-corrected chi connectivity index (χ1v) is 12.7. The molecule has 0 saturated carbocycles.